The number of anilines is 1. The Labute approximate surface area is 211 Å². The van der Waals surface area contributed by atoms with Crippen molar-refractivity contribution in [3.8, 4) is 11.4 Å². The van der Waals surface area contributed by atoms with Crippen LogP contribution in [0, 0.1) is 5.82 Å². The summed E-state index contributed by atoms with van der Waals surface area (Å²) >= 11 is 0. The van der Waals surface area contributed by atoms with Crippen LogP contribution in [0.25, 0.3) is 27.6 Å². The first-order chi connectivity index (χ1) is 18.2. The molecule has 1 aliphatic heterocycles. The monoisotopic (exact) mass is 497 g/mol. The Hall–Kier alpha value is -4.44. The number of rotatable bonds is 5. The number of piperidine rings is 1. The van der Waals surface area contributed by atoms with E-state index in [4.69, 9.17) is 4.74 Å². The van der Waals surface area contributed by atoms with E-state index in [0.717, 1.165) is 24.8 Å². The van der Waals surface area contributed by atoms with Crippen LogP contribution in [0.15, 0.2) is 67.0 Å². The maximum Gasteiger partial charge on any atom is 0.262 e. The van der Waals surface area contributed by atoms with Gasteiger partial charge in [0.15, 0.2) is 5.65 Å². The number of nitrogens with one attached hydrogen (secondary N) is 1. The molecule has 0 saturated carbocycles. The largest absolute Gasteiger partial charge is 0.496 e. The maximum absolute atomic E-state index is 15.6. The molecular weight excluding hydrogens is 473 g/mol. The van der Waals surface area contributed by atoms with Crippen molar-refractivity contribution in [1.29, 1.82) is 0 Å². The highest BCUT2D eigenvalue weighted by Gasteiger charge is 2.32. The molecule has 0 bridgehead atoms. The first-order valence-electron chi connectivity index (χ1n) is 12.1. The highest BCUT2D eigenvalue weighted by molar-refractivity contribution is 6.11. The van der Waals surface area contributed by atoms with Gasteiger partial charge in [-0.25, -0.2) is 14.4 Å². The number of amides is 1. The molecule has 1 amide bonds. The Morgan fingerprint density at radius 1 is 1.14 bits per heavy atom. The van der Waals surface area contributed by atoms with Crippen molar-refractivity contribution < 1.29 is 13.9 Å². The van der Waals surface area contributed by atoms with Gasteiger partial charge in [-0.3, -0.25) is 9.69 Å². The van der Waals surface area contributed by atoms with Crippen LogP contribution in [0.3, 0.4) is 0 Å². The molecule has 2 aromatic carbocycles. The summed E-state index contributed by atoms with van der Waals surface area (Å²) in [6.07, 6.45) is 4.94. The molecule has 10 heteroatoms. The fourth-order valence-corrected chi connectivity index (χ4v) is 4.90. The van der Waals surface area contributed by atoms with Crippen molar-refractivity contribution in [1.82, 2.24) is 30.3 Å². The van der Waals surface area contributed by atoms with Gasteiger partial charge in [-0.05, 0) is 61.2 Å². The number of halogens is 1. The minimum Gasteiger partial charge on any atom is -0.496 e. The lowest BCUT2D eigenvalue weighted by Crippen LogP contribution is -2.49. The molecule has 9 nitrogen and oxygen atoms in total. The quantitative estimate of drug-likeness (QED) is 0.393. The minimum absolute atomic E-state index is 0.0552. The molecular formula is C27H24FN7O2. The average molecular weight is 498 g/mol. The molecule has 0 aliphatic carbocycles. The molecule has 1 saturated heterocycles. The summed E-state index contributed by atoms with van der Waals surface area (Å²) in [4.78, 5) is 24.6. The van der Waals surface area contributed by atoms with Gasteiger partial charge < -0.3 is 10.1 Å². The van der Waals surface area contributed by atoms with E-state index in [1.54, 1.807) is 42.6 Å². The first kappa shape index (κ1) is 23.0. The Morgan fingerprint density at radius 2 is 2.05 bits per heavy atom. The highest BCUT2D eigenvalue weighted by atomic mass is 19.1. The van der Waals surface area contributed by atoms with Crippen LogP contribution in [0.1, 0.15) is 23.2 Å². The number of benzene rings is 2. The Morgan fingerprint density at radius 3 is 2.86 bits per heavy atom. The number of aromatic nitrogens is 5. The Balaban J connectivity index is 1.45. The van der Waals surface area contributed by atoms with Gasteiger partial charge in [0.2, 0.25) is 0 Å². The molecule has 186 valence electrons. The number of fused-ring (bicyclic) bond motifs is 2. The van der Waals surface area contributed by atoms with Crippen molar-refractivity contribution in [2.45, 2.75) is 18.9 Å². The van der Waals surface area contributed by atoms with Crippen molar-refractivity contribution in [3.05, 3.63) is 78.4 Å². The van der Waals surface area contributed by atoms with Crippen LogP contribution < -0.4 is 15.0 Å². The second-order valence-corrected chi connectivity index (χ2v) is 8.88. The van der Waals surface area contributed by atoms with Crippen LogP contribution in [-0.2, 0) is 0 Å². The molecule has 4 heterocycles. The highest BCUT2D eigenvalue weighted by Crippen LogP contribution is 2.35. The smallest absolute Gasteiger partial charge is 0.262 e. The van der Waals surface area contributed by atoms with Crippen LogP contribution >= 0.6 is 0 Å². The molecule has 0 unspecified atom stereocenters. The molecule has 5 aromatic rings. The van der Waals surface area contributed by atoms with E-state index in [2.05, 4.69) is 25.6 Å². The van der Waals surface area contributed by atoms with Gasteiger partial charge in [0.05, 0.1) is 29.8 Å². The third-order valence-corrected chi connectivity index (χ3v) is 6.67. The van der Waals surface area contributed by atoms with E-state index in [1.165, 1.54) is 16.8 Å². The van der Waals surface area contributed by atoms with Crippen LogP contribution in [0.4, 0.5) is 10.2 Å². The number of hydrogen-bond acceptors (Lipinski definition) is 7. The van der Waals surface area contributed by atoms with Crippen molar-refractivity contribution in [2.75, 3.05) is 25.1 Å². The van der Waals surface area contributed by atoms with E-state index in [0.29, 0.717) is 40.3 Å². The second-order valence-electron chi connectivity index (χ2n) is 8.88. The number of hydrogen-bond donors (Lipinski definition) is 1. The second kappa shape index (κ2) is 9.55. The first-order valence-corrected chi connectivity index (χ1v) is 12.1. The molecule has 1 N–H and O–H groups in total. The number of carbonyl (C=O) groups excluding carboxylic acids is 1. The van der Waals surface area contributed by atoms with Gasteiger partial charge in [0, 0.05) is 25.0 Å². The van der Waals surface area contributed by atoms with E-state index in [1.807, 2.05) is 24.3 Å². The lowest BCUT2D eigenvalue weighted by atomic mass is 10.0. The van der Waals surface area contributed by atoms with Crippen LogP contribution in [0.2, 0.25) is 0 Å². The standard InChI is InChI=1S/C27H24FN7O2/c1-37-23-8-2-5-17-11-14-31-26(24(17)23)34(19-6-3-12-29-16-19)27(36)20-10-9-18(15-21(20)28)35-25-22(32-33-35)7-4-13-30-25/h2,4-5,7-11,13-15,19,29H,3,6,12,16H2,1H3/t19-/m1/s1. The molecule has 1 atom stereocenters. The van der Waals surface area contributed by atoms with Crippen molar-refractivity contribution in [2.24, 2.45) is 0 Å². The summed E-state index contributed by atoms with van der Waals surface area (Å²) in [5.41, 5.74) is 1.46. The summed E-state index contributed by atoms with van der Waals surface area (Å²) in [6, 6.07) is 15.3. The predicted molar refractivity (Wildman–Crippen MR) is 138 cm³/mol. The fraction of sp³-hybridized carbons (Fsp3) is 0.222. The minimum atomic E-state index is -0.664. The summed E-state index contributed by atoms with van der Waals surface area (Å²) in [6.45, 7) is 1.45. The topological polar surface area (TPSA) is 98.1 Å². The van der Waals surface area contributed by atoms with Crippen molar-refractivity contribution in [3.63, 3.8) is 0 Å². The predicted octanol–water partition coefficient (Wildman–Crippen LogP) is 3.91. The zero-order chi connectivity index (χ0) is 25.4. The molecule has 1 aliphatic rings. The lowest BCUT2D eigenvalue weighted by Gasteiger charge is -2.35. The van der Waals surface area contributed by atoms with E-state index >= 15 is 4.39 Å². The molecule has 0 spiro atoms. The van der Waals surface area contributed by atoms with Gasteiger partial charge in [-0.2, -0.15) is 4.68 Å². The molecule has 3 aromatic heterocycles. The Kier molecular flexibility index (Phi) is 5.93. The molecule has 6 rings (SSSR count). The van der Waals surface area contributed by atoms with Gasteiger partial charge in [0.25, 0.3) is 5.91 Å². The number of nitrogens with zero attached hydrogens (tertiary/aromatic N) is 6. The Bertz CT molecular complexity index is 1610. The summed E-state index contributed by atoms with van der Waals surface area (Å²) in [5, 5.41) is 13.1. The zero-order valence-corrected chi connectivity index (χ0v) is 20.1. The maximum atomic E-state index is 15.6. The van der Waals surface area contributed by atoms with E-state index < -0.39 is 11.7 Å². The number of methoxy groups -OCH3 is 1. The fourth-order valence-electron chi connectivity index (χ4n) is 4.90. The zero-order valence-electron chi connectivity index (χ0n) is 20.1. The number of carbonyl (C=O) groups is 1. The lowest BCUT2D eigenvalue weighted by molar-refractivity contribution is 0.0968. The summed E-state index contributed by atoms with van der Waals surface area (Å²) in [7, 11) is 1.58. The van der Waals surface area contributed by atoms with Crippen molar-refractivity contribution >= 4 is 33.7 Å². The third kappa shape index (κ3) is 4.05. The third-order valence-electron chi connectivity index (χ3n) is 6.67. The van der Waals surface area contributed by atoms with Crippen LogP contribution in [0.5, 0.6) is 5.75 Å². The van der Waals surface area contributed by atoms with Gasteiger partial charge in [-0.1, -0.05) is 17.3 Å². The summed E-state index contributed by atoms with van der Waals surface area (Å²) < 4.78 is 22.7. The van der Waals surface area contributed by atoms with E-state index in [9.17, 15) is 4.79 Å². The van der Waals surface area contributed by atoms with E-state index in [-0.39, 0.29) is 11.6 Å². The molecule has 37 heavy (non-hydrogen) atoms. The average Bonchev–Trinajstić information content (AvgIpc) is 3.37. The number of ether oxygens (including phenoxy) is 1. The van der Waals surface area contributed by atoms with Gasteiger partial charge >= 0.3 is 0 Å². The van der Waals surface area contributed by atoms with Crippen LogP contribution in [-0.4, -0.2) is 57.1 Å². The molecule has 1 fully saturated rings. The SMILES string of the molecule is COc1cccc2ccnc(N(C(=O)c3ccc(-n4nnc5cccnc54)cc3F)[C@@H]3CCCNC3)c12. The normalized spacial score (nSPS) is 15.7. The summed E-state index contributed by atoms with van der Waals surface area (Å²) in [5.74, 6) is -0.0829. The van der Waals surface area contributed by atoms with Gasteiger partial charge in [0.1, 0.15) is 22.9 Å². The number of pyridine rings is 2. The van der Waals surface area contributed by atoms with Gasteiger partial charge in [-0.15, -0.1) is 5.10 Å². The molecule has 0 radical (unpaired) electrons.